The summed E-state index contributed by atoms with van der Waals surface area (Å²) in [5.41, 5.74) is 2.06. The summed E-state index contributed by atoms with van der Waals surface area (Å²) in [4.78, 5) is 5.55. The third-order valence-electron chi connectivity index (χ3n) is 2.85. The van der Waals surface area contributed by atoms with Gasteiger partial charge in [0.15, 0.2) is 5.58 Å². The zero-order chi connectivity index (χ0) is 10.7. The van der Waals surface area contributed by atoms with Gasteiger partial charge in [0.25, 0.3) is 0 Å². The van der Waals surface area contributed by atoms with Gasteiger partial charge < -0.3 is 14.3 Å². The lowest BCUT2D eigenvalue weighted by atomic mass is 10.3. The third-order valence-corrected chi connectivity index (χ3v) is 2.85. The molecule has 0 aromatic carbocycles. The minimum Gasteiger partial charge on any atom is -0.459 e. The van der Waals surface area contributed by atoms with Crippen molar-refractivity contribution < 1.29 is 4.42 Å². The summed E-state index contributed by atoms with van der Waals surface area (Å²) in [7, 11) is 0. The Kier molecular flexibility index (Phi) is 3.11. The summed E-state index contributed by atoms with van der Waals surface area (Å²) in [5, 5.41) is 0. The highest BCUT2D eigenvalue weighted by Gasteiger charge is 2.05. The van der Waals surface area contributed by atoms with E-state index in [0.717, 1.165) is 42.9 Å². The molecule has 0 atom stereocenters. The lowest BCUT2D eigenvalue weighted by Crippen LogP contribution is -2.25. The van der Waals surface area contributed by atoms with E-state index in [1.54, 1.807) is 0 Å². The van der Waals surface area contributed by atoms with E-state index >= 15 is 0 Å². The van der Waals surface area contributed by atoms with Crippen LogP contribution in [0.4, 0.5) is 0 Å². The molecule has 0 aliphatic rings. The summed E-state index contributed by atoms with van der Waals surface area (Å²) < 4.78 is 5.69. The van der Waals surface area contributed by atoms with E-state index in [-0.39, 0.29) is 0 Å². The van der Waals surface area contributed by atoms with Gasteiger partial charge in [0.1, 0.15) is 5.76 Å². The first-order valence-corrected chi connectivity index (χ1v) is 5.61. The molecule has 0 amide bonds. The molecule has 2 heterocycles. The molecular weight excluding hydrogens is 188 g/mol. The summed E-state index contributed by atoms with van der Waals surface area (Å²) in [5.74, 6) is 1.07. The molecule has 0 saturated carbocycles. The molecule has 0 spiro atoms. The second kappa shape index (κ2) is 4.53. The Hall–Kier alpha value is -1.22. The molecule has 3 nitrogen and oxygen atoms in total. The van der Waals surface area contributed by atoms with Gasteiger partial charge in [-0.1, -0.05) is 13.8 Å². The number of fused-ring (bicyclic) bond motifs is 1. The van der Waals surface area contributed by atoms with Crippen molar-refractivity contribution >= 4 is 11.1 Å². The van der Waals surface area contributed by atoms with E-state index < -0.39 is 0 Å². The van der Waals surface area contributed by atoms with Crippen LogP contribution in [-0.4, -0.2) is 29.5 Å². The highest BCUT2D eigenvalue weighted by atomic mass is 16.3. The van der Waals surface area contributed by atoms with Crippen LogP contribution >= 0.6 is 0 Å². The fourth-order valence-corrected chi connectivity index (χ4v) is 1.83. The second-order valence-corrected chi connectivity index (χ2v) is 3.75. The highest BCUT2D eigenvalue weighted by Crippen LogP contribution is 2.17. The standard InChI is InChI=1S/C12H18N2O/c1-3-14(4-2)8-6-10-9-11-12(15-10)5-7-13-11/h5,7,9,13H,3-4,6,8H2,1-2H3. The van der Waals surface area contributed by atoms with Crippen molar-refractivity contribution in [1.29, 1.82) is 0 Å². The van der Waals surface area contributed by atoms with Crippen LogP contribution in [0.5, 0.6) is 0 Å². The van der Waals surface area contributed by atoms with Gasteiger partial charge in [0.05, 0.1) is 5.52 Å². The number of furan rings is 1. The van der Waals surface area contributed by atoms with Gasteiger partial charge in [-0.15, -0.1) is 0 Å². The normalized spacial score (nSPS) is 11.7. The Balaban J connectivity index is 1.97. The molecular formula is C12H18N2O. The average Bonchev–Trinajstić information content (AvgIpc) is 2.79. The largest absolute Gasteiger partial charge is 0.459 e. The van der Waals surface area contributed by atoms with Crippen LogP contribution < -0.4 is 0 Å². The predicted octanol–water partition coefficient (Wildman–Crippen LogP) is 2.65. The predicted molar refractivity (Wildman–Crippen MR) is 62.1 cm³/mol. The molecule has 15 heavy (non-hydrogen) atoms. The van der Waals surface area contributed by atoms with Crippen molar-refractivity contribution in [2.75, 3.05) is 19.6 Å². The van der Waals surface area contributed by atoms with Crippen molar-refractivity contribution in [1.82, 2.24) is 9.88 Å². The molecule has 0 saturated heterocycles. The molecule has 0 aliphatic carbocycles. The third kappa shape index (κ3) is 2.23. The molecule has 2 aromatic heterocycles. The molecule has 0 fully saturated rings. The average molecular weight is 206 g/mol. The lowest BCUT2D eigenvalue weighted by molar-refractivity contribution is 0.300. The lowest BCUT2D eigenvalue weighted by Gasteiger charge is -2.16. The first-order chi connectivity index (χ1) is 7.33. The van der Waals surface area contributed by atoms with Crippen LogP contribution in [0.3, 0.4) is 0 Å². The highest BCUT2D eigenvalue weighted by molar-refractivity contribution is 5.73. The van der Waals surface area contributed by atoms with Crippen LogP contribution in [0.25, 0.3) is 11.1 Å². The Labute approximate surface area is 90.1 Å². The summed E-state index contributed by atoms with van der Waals surface area (Å²) in [6, 6.07) is 4.06. The molecule has 0 radical (unpaired) electrons. The maximum Gasteiger partial charge on any atom is 0.151 e. The van der Waals surface area contributed by atoms with E-state index in [4.69, 9.17) is 4.42 Å². The zero-order valence-electron chi connectivity index (χ0n) is 9.42. The zero-order valence-corrected chi connectivity index (χ0v) is 9.42. The molecule has 0 unspecified atom stereocenters. The smallest absolute Gasteiger partial charge is 0.151 e. The molecule has 2 aromatic rings. The Morgan fingerprint density at radius 2 is 2.13 bits per heavy atom. The number of hydrogen-bond acceptors (Lipinski definition) is 2. The first kappa shape index (κ1) is 10.3. The van der Waals surface area contributed by atoms with Crippen molar-refractivity contribution in [3.8, 4) is 0 Å². The minimum absolute atomic E-state index is 0.963. The van der Waals surface area contributed by atoms with Crippen molar-refractivity contribution in [3.63, 3.8) is 0 Å². The van der Waals surface area contributed by atoms with Crippen molar-refractivity contribution in [3.05, 3.63) is 24.1 Å². The molecule has 0 bridgehead atoms. The molecule has 0 aliphatic heterocycles. The topological polar surface area (TPSA) is 32.2 Å². The van der Waals surface area contributed by atoms with Gasteiger partial charge in [-0.25, -0.2) is 0 Å². The first-order valence-electron chi connectivity index (χ1n) is 5.61. The van der Waals surface area contributed by atoms with E-state index in [1.165, 1.54) is 0 Å². The number of nitrogens with zero attached hydrogens (tertiary/aromatic N) is 1. The fourth-order valence-electron chi connectivity index (χ4n) is 1.83. The Bertz CT molecular complexity index is 383. The van der Waals surface area contributed by atoms with Gasteiger partial charge in [-0.2, -0.15) is 0 Å². The summed E-state index contributed by atoms with van der Waals surface area (Å²) in [6.07, 6.45) is 2.90. The monoisotopic (exact) mass is 206 g/mol. The van der Waals surface area contributed by atoms with Crippen LogP contribution in [0.15, 0.2) is 22.7 Å². The van der Waals surface area contributed by atoms with Gasteiger partial charge in [0, 0.05) is 25.2 Å². The van der Waals surface area contributed by atoms with E-state index in [9.17, 15) is 0 Å². The number of H-pyrrole nitrogens is 1. The van der Waals surface area contributed by atoms with Crippen molar-refractivity contribution in [2.24, 2.45) is 0 Å². The van der Waals surface area contributed by atoms with Crippen LogP contribution in [0.1, 0.15) is 19.6 Å². The minimum atomic E-state index is 0.963. The van der Waals surface area contributed by atoms with Gasteiger partial charge in [0.2, 0.25) is 0 Å². The van der Waals surface area contributed by atoms with Crippen LogP contribution in [0.2, 0.25) is 0 Å². The van der Waals surface area contributed by atoms with E-state index in [2.05, 4.69) is 29.8 Å². The van der Waals surface area contributed by atoms with Crippen LogP contribution in [-0.2, 0) is 6.42 Å². The number of hydrogen-bond donors (Lipinski definition) is 1. The second-order valence-electron chi connectivity index (χ2n) is 3.75. The molecule has 3 heteroatoms. The Morgan fingerprint density at radius 1 is 1.33 bits per heavy atom. The molecule has 82 valence electrons. The molecule has 2 rings (SSSR count). The number of likely N-dealkylation sites (N-methyl/N-ethyl adjacent to an activating group) is 1. The van der Waals surface area contributed by atoms with Gasteiger partial charge >= 0.3 is 0 Å². The van der Waals surface area contributed by atoms with E-state index in [1.807, 2.05) is 12.3 Å². The number of aromatic nitrogens is 1. The molecule has 1 N–H and O–H groups in total. The van der Waals surface area contributed by atoms with E-state index in [0.29, 0.717) is 0 Å². The summed E-state index contributed by atoms with van der Waals surface area (Å²) >= 11 is 0. The number of nitrogens with one attached hydrogen (secondary N) is 1. The quantitative estimate of drug-likeness (QED) is 0.815. The van der Waals surface area contributed by atoms with Gasteiger partial charge in [-0.05, 0) is 19.2 Å². The maximum absolute atomic E-state index is 5.69. The summed E-state index contributed by atoms with van der Waals surface area (Å²) in [6.45, 7) is 7.67. The Morgan fingerprint density at radius 3 is 2.80 bits per heavy atom. The number of aromatic amines is 1. The van der Waals surface area contributed by atoms with Crippen LogP contribution in [0, 0.1) is 0 Å². The maximum atomic E-state index is 5.69. The number of rotatable bonds is 5. The van der Waals surface area contributed by atoms with Crippen molar-refractivity contribution in [2.45, 2.75) is 20.3 Å². The fraction of sp³-hybridized carbons (Fsp3) is 0.500. The SMILES string of the molecule is CCN(CC)CCc1cc2[nH]ccc2o1. The van der Waals surface area contributed by atoms with Gasteiger partial charge in [-0.3, -0.25) is 0 Å².